The molecule has 1 aromatic rings. The van der Waals surface area contributed by atoms with Gasteiger partial charge in [-0.3, -0.25) is 4.79 Å². The number of H-pyrrole nitrogens is 1. The molecule has 16 heavy (non-hydrogen) atoms. The second-order valence-electron chi connectivity index (χ2n) is 4.42. The number of rotatable bonds is 2. The maximum atomic E-state index is 11.3. The number of amides is 1. The van der Waals surface area contributed by atoms with E-state index in [1.165, 1.54) is 0 Å². The molecule has 1 rings (SSSR count). The van der Waals surface area contributed by atoms with E-state index in [4.69, 9.17) is 9.26 Å². The molecule has 0 radical (unpaired) electrons. The van der Waals surface area contributed by atoms with Crippen LogP contribution in [0.5, 0.6) is 0 Å². The molecule has 90 valence electrons. The molecular weight excluding hydrogens is 212 g/mol. The molecule has 0 aliphatic rings. The van der Waals surface area contributed by atoms with Crippen molar-refractivity contribution in [2.24, 2.45) is 0 Å². The molecule has 0 fully saturated rings. The lowest BCUT2D eigenvalue weighted by molar-refractivity contribution is 0.0523. The van der Waals surface area contributed by atoms with Crippen LogP contribution in [0.2, 0.25) is 0 Å². The van der Waals surface area contributed by atoms with Gasteiger partial charge in [0.2, 0.25) is 0 Å². The minimum atomic E-state index is -0.563. The Morgan fingerprint density at radius 1 is 1.50 bits per heavy atom. The fourth-order valence-corrected chi connectivity index (χ4v) is 1.09. The zero-order valence-electron chi connectivity index (χ0n) is 9.84. The van der Waals surface area contributed by atoms with Crippen LogP contribution in [-0.2, 0) is 11.3 Å². The van der Waals surface area contributed by atoms with Crippen molar-refractivity contribution in [2.45, 2.75) is 39.8 Å². The number of aromatic nitrogens is 1. The zero-order chi connectivity index (χ0) is 12.3. The third-order valence-electron chi connectivity index (χ3n) is 1.80. The summed E-state index contributed by atoms with van der Waals surface area (Å²) in [5, 5.41) is 4.67. The third kappa shape index (κ3) is 3.45. The molecule has 0 spiro atoms. The lowest BCUT2D eigenvalue weighted by atomic mass is 10.2. The number of carbonyl (C=O) groups excluding carboxylic acids is 1. The summed E-state index contributed by atoms with van der Waals surface area (Å²) in [7, 11) is 0. The molecule has 0 saturated heterocycles. The molecule has 0 unspecified atom stereocenters. The molecular formula is C10H16N2O4. The van der Waals surface area contributed by atoms with Crippen LogP contribution in [0.15, 0.2) is 9.32 Å². The molecule has 0 aliphatic heterocycles. The summed E-state index contributed by atoms with van der Waals surface area (Å²) in [6.07, 6.45) is -0.563. The van der Waals surface area contributed by atoms with Crippen molar-refractivity contribution < 1.29 is 14.1 Å². The predicted molar refractivity (Wildman–Crippen MR) is 57.1 cm³/mol. The zero-order valence-corrected chi connectivity index (χ0v) is 9.84. The lowest BCUT2D eigenvalue weighted by Crippen LogP contribution is -2.33. The molecule has 0 bridgehead atoms. The van der Waals surface area contributed by atoms with E-state index in [9.17, 15) is 9.59 Å². The van der Waals surface area contributed by atoms with Gasteiger partial charge in [-0.05, 0) is 27.7 Å². The molecule has 1 heterocycles. The van der Waals surface area contributed by atoms with Crippen molar-refractivity contribution in [2.75, 3.05) is 0 Å². The first kappa shape index (κ1) is 12.4. The van der Waals surface area contributed by atoms with Crippen LogP contribution in [0.4, 0.5) is 4.79 Å². The number of hydrogen-bond acceptors (Lipinski definition) is 4. The molecule has 6 heteroatoms. The predicted octanol–water partition coefficient (Wildman–Crippen LogP) is 1.30. The van der Waals surface area contributed by atoms with Gasteiger partial charge in [0.05, 0.1) is 12.1 Å². The average Bonchev–Trinajstić information content (AvgIpc) is 2.41. The maximum Gasteiger partial charge on any atom is 0.407 e. The first-order chi connectivity index (χ1) is 7.29. The highest BCUT2D eigenvalue weighted by molar-refractivity contribution is 5.67. The SMILES string of the molecule is Cc1o[nH]c(=O)c1CNC(=O)OC(C)(C)C. The van der Waals surface area contributed by atoms with Crippen LogP contribution in [0.1, 0.15) is 32.1 Å². The highest BCUT2D eigenvalue weighted by Gasteiger charge is 2.17. The third-order valence-corrected chi connectivity index (χ3v) is 1.80. The Balaban J connectivity index is 2.53. The van der Waals surface area contributed by atoms with Gasteiger partial charge in [-0.2, -0.15) is 5.16 Å². The van der Waals surface area contributed by atoms with Gasteiger partial charge in [0.25, 0.3) is 5.56 Å². The van der Waals surface area contributed by atoms with E-state index in [-0.39, 0.29) is 12.1 Å². The molecule has 0 saturated carbocycles. The van der Waals surface area contributed by atoms with E-state index < -0.39 is 11.7 Å². The summed E-state index contributed by atoms with van der Waals surface area (Å²) >= 11 is 0. The van der Waals surface area contributed by atoms with Crippen LogP contribution in [-0.4, -0.2) is 16.9 Å². The van der Waals surface area contributed by atoms with E-state index >= 15 is 0 Å². The number of aromatic amines is 1. The first-order valence-electron chi connectivity index (χ1n) is 4.93. The van der Waals surface area contributed by atoms with Crippen LogP contribution < -0.4 is 10.9 Å². The van der Waals surface area contributed by atoms with Crippen molar-refractivity contribution >= 4 is 6.09 Å². The standard InChI is InChI=1S/C10H16N2O4/c1-6-7(8(13)12-16-6)5-11-9(14)15-10(2,3)4/h5H2,1-4H3,(H,11,14)(H,12,13). The second-order valence-corrected chi connectivity index (χ2v) is 4.42. The van der Waals surface area contributed by atoms with Crippen molar-refractivity contribution in [1.82, 2.24) is 10.5 Å². The summed E-state index contributed by atoms with van der Waals surface area (Å²) in [4.78, 5) is 22.5. The Hall–Kier alpha value is -1.72. The monoisotopic (exact) mass is 228 g/mol. The Kier molecular flexibility index (Phi) is 3.41. The van der Waals surface area contributed by atoms with Gasteiger partial charge in [-0.1, -0.05) is 0 Å². The summed E-state index contributed by atoms with van der Waals surface area (Å²) in [5.41, 5.74) is -0.499. The van der Waals surface area contributed by atoms with Crippen molar-refractivity contribution in [3.8, 4) is 0 Å². The summed E-state index contributed by atoms with van der Waals surface area (Å²) in [6.45, 7) is 7.03. The number of alkyl carbamates (subject to hydrolysis) is 1. The number of nitrogens with one attached hydrogen (secondary N) is 2. The fraction of sp³-hybridized carbons (Fsp3) is 0.600. The van der Waals surface area contributed by atoms with Crippen molar-refractivity contribution in [3.05, 3.63) is 21.7 Å². The van der Waals surface area contributed by atoms with Gasteiger partial charge in [0, 0.05) is 0 Å². The van der Waals surface area contributed by atoms with E-state index in [2.05, 4.69) is 10.5 Å². The van der Waals surface area contributed by atoms with Crippen LogP contribution in [0.25, 0.3) is 0 Å². The van der Waals surface area contributed by atoms with E-state index in [0.717, 1.165) is 0 Å². The minimum absolute atomic E-state index is 0.0899. The molecule has 1 amide bonds. The van der Waals surface area contributed by atoms with Crippen LogP contribution in [0, 0.1) is 6.92 Å². The molecule has 2 N–H and O–H groups in total. The Bertz CT molecular complexity index is 425. The van der Waals surface area contributed by atoms with Gasteiger partial charge in [-0.25, -0.2) is 4.79 Å². The molecule has 0 atom stereocenters. The smallest absolute Gasteiger partial charge is 0.407 e. The van der Waals surface area contributed by atoms with Gasteiger partial charge in [0.15, 0.2) is 0 Å². The topological polar surface area (TPSA) is 84.3 Å². The fourth-order valence-electron chi connectivity index (χ4n) is 1.09. The van der Waals surface area contributed by atoms with Gasteiger partial charge >= 0.3 is 6.09 Å². The summed E-state index contributed by atoms with van der Waals surface area (Å²) in [5.74, 6) is 0.459. The summed E-state index contributed by atoms with van der Waals surface area (Å²) in [6, 6.07) is 0. The van der Waals surface area contributed by atoms with E-state index in [1.807, 2.05) is 0 Å². The number of hydrogen-bond donors (Lipinski definition) is 2. The van der Waals surface area contributed by atoms with Gasteiger partial charge in [0.1, 0.15) is 11.4 Å². The summed E-state index contributed by atoms with van der Waals surface area (Å²) < 4.78 is 9.82. The number of ether oxygens (including phenoxy) is 1. The van der Waals surface area contributed by atoms with Crippen LogP contribution >= 0.6 is 0 Å². The normalized spacial score (nSPS) is 11.2. The minimum Gasteiger partial charge on any atom is -0.444 e. The quantitative estimate of drug-likeness (QED) is 0.799. The molecule has 1 aromatic heterocycles. The first-order valence-corrected chi connectivity index (χ1v) is 4.93. The molecule has 0 aliphatic carbocycles. The number of aryl methyl sites for hydroxylation is 1. The van der Waals surface area contributed by atoms with Gasteiger partial charge < -0.3 is 14.6 Å². The lowest BCUT2D eigenvalue weighted by Gasteiger charge is -2.19. The van der Waals surface area contributed by atoms with Gasteiger partial charge in [-0.15, -0.1) is 0 Å². The van der Waals surface area contributed by atoms with Crippen molar-refractivity contribution in [1.29, 1.82) is 0 Å². The molecule has 6 nitrogen and oxygen atoms in total. The highest BCUT2D eigenvalue weighted by atomic mass is 16.6. The van der Waals surface area contributed by atoms with E-state index in [1.54, 1.807) is 27.7 Å². The van der Waals surface area contributed by atoms with Crippen molar-refractivity contribution in [3.63, 3.8) is 0 Å². The number of carbonyl (C=O) groups is 1. The molecule has 0 aromatic carbocycles. The largest absolute Gasteiger partial charge is 0.444 e. The highest BCUT2D eigenvalue weighted by Crippen LogP contribution is 2.07. The average molecular weight is 228 g/mol. The maximum absolute atomic E-state index is 11.3. The van der Waals surface area contributed by atoms with Crippen LogP contribution in [0.3, 0.4) is 0 Å². The van der Waals surface area contributed by atoms with E-state index in [0.29, 0.717) is 11.3 Å². The Labute approximate surface area is 92.9 Å². The second kappa shape index (κ2) is 4.42. The Morgan fingerprint density at radius 3 is 2.56 bits per heavy atom. The Morgan fingerprint density at radius 2 is 2.12 bits per heavy atom.